The van der Waals surface area contributed by atoms with E-state index >= 15 is 0 Å². The van der Waals surface area contributed by atoms with Crippen LogP contribution in [0.4, 0.5) is 5.69 Å². The number of hydroxylamine groups is 1. The van der Waals surface area contributed by atoms with Gasteiger partial charge in [0.15, 0.2) is 0 Å². The number of nitro groups is 1. The highest BCUT2D eigenvalue weighted by Gasteiger charge is 2.19. The van der Waals surface area contributed by atoms with Gasteiger partial charge in [0.25, 0.3) is 5.69 Å². The van der Waals surface area contributed by atoms with Crippen LogP contribution in [0.15, 0.2) is 36.9 Å². The van der Waals surface area contributed by atoms with E-state index in [1.54, 1.807) is 24.3 Å². The van der Waals surface area contributed by atoms with Gasteiger partial charge in [-0.2, -0.15) is 5.48 Å². The van der Waals surface area contributed by atoms with Crippen LogP contribution in [0.25, 0.3) is 0 Å². The van der Waals surface area contributed by atoms with E-state index in [1.165, 1.54) is 6.07 Å². The van der Waals surface area contributed by atoms with Crippen LogP contribution in [-0.4, -0.2) is 10.1 Å². The van der Waals surface area contributed by atoms with Gasteiger partial charge in [0.1, 0.15) is 0 Å². The van der Waals surface area contributed by atoms with Gasteiger partial charge in [-0.25, -0.2) is 0 Å². The molecule has 0 aromatic heterocycles. The Hall–Kier alpha value is -1.72. The molecule has 0 bridgehead atoms. The summed E-state index contributed by atoms with van der Waals surface area (Å²) in [6.45, 7) is 3.53. The van der Waals surface area contributed by atoms with Crippen LogP contribution in [0.3, 0.4) is 0 Å². The number of benzene rings is 1. The number of nitrogens with one attached hydrogen (secondary N) is 1. The van der Waals surface area contributed by atoms with E-state index in [4.69, 9.17) is 5.21 Å². The maximum absolute atomic E-state index is 10.7. The lowest BCUT2D eigenvalue weighted by atomic mass is 10.0. The number of rotatable bonds is 5. The third-order valence-electron chi connectivity index (χ3n) is 2.07. The topological polar surface area (TPSA) is 75.4 Å². The Kier molecular flexibility index (Phi) is 3.96. The van der Waals surface area contributed by atoms with Crippen LogP contribution in [-0.2, 0) is 0 Å². The lowest BCUT2D eigenvalue weighted by Gasteiger charge is -2.12. The van der Waals surface area contributed by atoms with Crippen molar-refractivity contribution < 1.29 is 10.1 Å². The molecule has 15 heavy (non-hydrogen) atoms. The Morgan fingerprint density at radius 1 is 1.60 bits per heavy atom. The zero-order chi connectivity index (χ0) is 11.3. The first-order valence-corrected chi connectivity index (χ1v) is 4.44. The zero-order valence-corrected chi connectivity index (χ0v) is 8.09. The lowest BCUT2D eigenvalue weighted by Crippen LogP contribution is -2.17. The van der Waals surface area contributed by atoms with E-state index in [0.717, 1.165) is 0 Å². The van der Waals surface area contributed by atoms with Gasteiger partial charge >= 0.3 is 0 Å². The van der Waals surface area contributed by atoms with E-state index in [1.807, 2.05) is 5.48 Å². The minimum atomic E-state index is -0.496. The van der Waals surface area contributed by atoms with Crippen LogP contribution in [0, 0.1) is 10.1 Å². The summed E-state index contributed by atoms with van der Waals surface area (Å²) in [4.78, 5) is 10.2. The maximum atomic E-state index is 10.7. The number of nitrogens with zero attached hydrogens (tertiary/aromatic N) is 1. The number of hydrogen-bond acceptors (Lipinski definition) is 4. The average molecular weight is 208 g/mol. The van der Waals surface area contributed by atoms with E-state index in [9.17, 15) is 10.1 Å². The first-order valence-electron chi connectivity index (χ1n) is 4.44. The second-order valence-electron chi connectivity index (χ2n) is 3.02. The summed E-state index contributed by atoms with van der Waals surface area (Å²) in [6.07, 6.45) is 2.01. The molecule has 0 saturated carbocycles. The van der Waals surface area contributed by atoms with Gasteiger partial charge in [-0.05, 0) is 6.42 Å². The van der Waals surface area contributed by atoms with E-state index < -0.39 is 11.0 Å². The SMILES string of the molecule is C=CCC(NO)c1ccccc1[N+](=O)[O-]. The monoisotopic (exact) mass is 208 g/mol. The fourth-order valence-corrected chi connectivity index (χ4v) is 1.36. The molecule has 5 nitrogen and oxygen atoms in total. The molecule has 0 radical (unpaired) electrons. The number of hydrogen-bond donors (Lipinski definition) is 2. The van der Waals surface area contributed by atoms with Crippen molar-refractivity contribution in [1.82, 2.24) is 5.48 Å². The standard InChI is InChI=1S/C10H12N2O3/c1-2-5-9(11-13)8-6-3-4-7-10(8)12(14)15/h2-4,6-7,9,11,13H,1,5H2. The molecule has 0 aliphatic carbocycles. The minimum absolute atomic E-state index is 0.00843. The fourth-order valence-electron chi connectivity index (χ4n) is 1.36. The van der Waals surface area contributed by atoms with Crippen molar-refractivity contribution in [2.75, 3.05) is 0 Å². The molecule has 0 spiro atoms. The molecule has 0 aliphatic rings. The molecular formula is C10H12N2O3. The second-order valence-corrected chi connectivity index (χ2v) is 3.02. The Labute approximate surface area is 87.2 Å². The molecule has 1 atom stereocenters. The third kappa shape index (κ3) is 2.61. The molecule has 5 heteroatoms. The smallest absolute Gasteiger partial charge is 0.274 e. The van der Waals surface area contributed by atoms with E-state index in [-0.39, 0.29) is 5.69 Å². The van der Waals surface area contributed by atoms with Crippen molar-refractivity contribution >= 4 is 5.69 Å². The maximum Gasteiger partial charge on any atom is 0.274 e. The van der Waals surface area contributed by atoms with Crippen molar-refractivity contribution in [3.8, 4) is 0 Å². The minimum Gasteiger partial charge on any atom is -0.316 e. The summed E-state index contributed by atoms with van der Waals surface area (Å²) in [5.41, 5.74) is 2.48. The van der Waals surface area contributed by atoms with Crippen molar-refractivity contribution in [2.45, 2.75) is 12.5 Å². The van der Waals surface area contributed by atoms with Gasteiger partial charge in [0, 0.05) is 11.6 Å². The Bertz CT molecular complexity index is 365. The first-order chi connectivity index (χ1) is 7.20. The Morgan fingerprint density at radius 3 is 2.80 bits per heavy atom. The summed E-state index contributed by atoms with van der Waals surface area (Å²) >= 11 is 0. The van der Waals surface area contributed by atoms with Gasteiger partial charge in [-0.15, -0.1) is 6.58 Å². The van der Waals surface area contributed by atoms with Gasteiger partial charge in [0.2, 0.25) is 0 Å². The molecule has 1 aromatic carbocycles. The van der Waals surface area contributed by atoms with E-state index in [0.29, 0.717) is 12.0 Å². The first kappa shape index (κ1) is 11.4. The van der Waals surface area contributed by atoms with Gasteiger partial charge in [-0.1, -0.05) is 24.3 Å². The third-order valence-corrected chi connectivity index (χ3v) is 2.07. The molecule has 0 amide bonds. The highest BCUT2D eigenvalue weighted by Crippen LogP contribution is 2.26. The van der Waals surface area contributed by atoms with Crippen LogP contribution in [0.2, 0.25) is 0 Å². The second kappa shape index (κ2) is 5.23. The highest BCUT2D eigenvalue weighted by molar-refractivity contribution is 5.42. The molecule has 0 heterocycles. The Morgan fingerprint density at radius 2 is 2.27 bits per heavy atom. The Balaban J connectivity index is 3.09. The molecule has 1 unspecified atom stereocenters. The molecule has 1 aromatic rings. The molecule has 1 rings (SSSR count). The summed E-state index contributed by atoms with van der Waals surface area (Å²) in [7, 11) is 0. The van der Waals surface area contributed by atoms with Crippen LogP contribution in [0.5, 0.6) is 0 Å². The molecular weight excluding hydrogens is 196 g/mol. The summed E-state index contributed by atoms with van der Waals surface area (Å²) < 4.78 is 0. The summed E-state index contributed by atoms with van der Waals surface area (Å²) in [6, 6.07) is 5.79. The lowest BCUT2D eigenvalue weighted by molar-refractivity contribution is -0.385. The molecule has 2 N–H and O–H groups in total. The number of para-hydroxylation sites is 1. The summed E-state index contributed by atoms with van der Waals surface area (Å²) in [5.74, 6) is 0. The molecule has 0 fully saturated rings. The molecule has 0 saturated heterocycles. The normalized spacial score (nSPS) is 12.1. The van der Waals surface area contributed by atoms with Crippen molar-refractivity contribution in [1.29, 1.82) is 0 Å². The summed E-state index contributed by atoms with van der Waals surface area (Å²) in [5, 5.41) is 19.6. The van der Waals surface area contributed by atoms with Crippen LogP contribution in [0.1, 0.15) is 18.0 Å². The van der Waals surface area contributed by atoms with Gasteiger partial charge < -0.3 is 5.21 Å². The quantitative estimate of drug-likeness (QED) is 0.442. The number of nitro benzene ring substituents is 1. The predicted molar refractivity (Wildman–Crippen MR) is 55.6 cm³/mol. The zero-order valence-electron chi connectivity index (χ0n) is 8.09. The highest BCUT2D eigenvalue weighted by atomic mass is 16.6. The molecule has 0 aliphatic heterocycles. The predicted octanol–water partition coefficient (Wildman–Crippen LogP) is 2.19. The average Bonchev–Trinajstić information content (AvgIpc) is 2.26. The van der Waals surface area contributed by atoms with Crippen LogP contribution >= 0.6 is 0 Å². The van der Waals surface area contributed by atoms with Crippen LogP contribution < -0.4 is 5.48 Å². The van der Waals surface area contributed by atoms with Gasteiger partial charge in [-0.3, -0.25) is 10.1 Å². The van der Waals surface area contributed by atoms with Gasteiger partial charge in [0.05, 0.1) is 11.0 Å². The van der Waals surface area contributed by atoms with E-state index in [2.05, 4.69) is 6.58 Å². The largest absolute Gasteiger partial charge is 0.316 e. The fraction of sp³-hybridized carbons (Fsp3) is 0.200. The van der Waals surface area contributed by atoms with Crippen molar-refractivity contribution in [2.24, 2.45) is 0 Å². The molecule has 80 valence electrons. The van der Waals surface area contributed by atoms with Crippen molar-refractivity contribution in [3.63, 3.8) is 0 Å². The van der Waals surface area contributed by atoms with Crippen molar-refractivity contribution in [3.05, 3.63) is 52.6 Å².